The second kappa shape index (κ2) is 5.83. The maximum atomic E-state index is 13.6. The predicted molar refractivity (Wildman–Crippen MR) is 71.6 cm³/mol. The molecule has 0 fully saturated rings. The summed E-state index contributed by atoms with van der Waals surface area (Å²) in [4.78, 5) is 14.0. The van der Waals surface area contributed by atoms with Crippen LogP contribution in [0.5, 0.6) is 17.4 Å². The Morgan fingerprint density at radius 3 is 2.75 bits per heavy atom. The maximum absolute atomic E-state index is 13.6. The van der Waals surface area contributed by atoms with Crippen LogP contribution in [0.2, 0.25) is 0 Å². The molecule has 0 unspecified atom stereocenters. The summed E-state index contributed by atoms with van der Waals surface area (Å²) in [5.41, 5.74) is -0.310. The third-order valence-electron chi connectivity index (χ3n) is 2.34. The van der Waals surface area contributed by atoms with Gasteiger partial charge in [0.2, 0.25) is 5.75 Å². The molecule has 0 spiro atoms. The van der Waals surface area contributed by atoms with Crippen LogP contribution >= 0.6 is 15.9 Å². The van der Waals surface area contributed by atoms with E-state index in [1.807, 2.05) is 0 Å². The minimum Gasteiger partial charge on any atom is -0.497 e. The van der Waals surface area contributed by atoms with Crippen LogP contribution in [0.3, 0.4) is 0 Å². The third kappa shape index (κ3) is 3.02. The summed E-state index contributed by atoms with van der Waals surface area (Å²) in [5.74, 6) is -0.896. The average molecular weight is 343 g/mol. The minimum absolute atomic E-state index is 0.150. The third-order valence-corrected chi connectivity index (χ3v) is 2.78. The summed E-state index contributed by atoms with van der Waals surface area (Å²) in [7, 11) is 1.41. The van der Waals surface area contributed by atoms with Crippen LogP contribution in [0.1, 0.15) is 0 Å². The summed E-state index contributed by atoms with van der Waals surface area (Å²) >= 11 is 3.06. The van der Waals surface area contributed by atoms with Crippen molar-refractivity contribution in [3.8, 4) is 17.4 Å². The number of hydrogen-bond donors (Lipinski definition) is 0. The molecule has 6 nitrogen and oxygen atoms in total. The van der Waals surface area contributed by atoms with Crippen molar-refractivity contribution in [3.05, 3.63) is 50.9 Å². The van der Waals surface area contributed by atoms with Crippen LogP contribution in [0.25, 0.3) is 0 Å². The fourth-order valence-electron chi connectivity index (χ4n) is 1.44. The number of rotatable bonds is 4. The van der Waals surface area contributed by atoms with Gasteiger partial charge in [-0.1, -0.05) is 0 Å². The highest BCUT2D eigenvalue weighted by molar-refractivity contribution is 9.10. The Bertz CT molecular complexity index is 666. The molecule has 0 aliphatic rings. The normalized spacial score (nSPS) is 10.2. The molecule has 0 bridgehead atoms. The standard InChI is InChI=1S/C12H8BrFN2O4/c1-19-8-2-3-10(16(17)18)11(5-8)20-12-9(14)4-7(13)6-15-12/h2-6H,1H3. The van der Waals surface area contributed by atoms with E-state index in [9.17, 15) is 14.5 Å². The Balaban J connectivity index is 2.43. The van der Waals surface area contributed by atoms with E-state index in [1.165, 1.54) is 31.5 Å². The number of aromatic nitrogens is 1. The molecule has 2 aromatic rings. The number of halogens is 2. The number of nitro benzene ring substituents is 1. The van der Waals surface area contributed by atoms with Gasteiger partial charge in [0.25, 0.3) is 5.88 Å². The van der Waals surface area contributed by atoms with Gasteiger partial charge in [-0.3, -0.25) is 10.1 Å². The fourth-order valence-corrected chi connectivity index (χ4v) is 1.74. The molecule has 104 valence electrons. The Hall–Kier alpha value is -2.22. The highest BCUT2D eigenvalue weighted by Crippen LogP contribution is 2.35. The van der Waals surface area contributed by atoms with Gasteiger partial charge in [0.05, 0.1) is 12.0 Å². The molecular weight excluding hydrogens is 335 g/mol. The second-order valence-corrected chi connectivity index (χ2v) is 4.55. The van der Waals surface area contributed by atoms with Crippen LogP contribution in [-0.2, 0) is 0 Å². The van der Waals surface area contributed by atoms with Crippen molar-refractivity contribution < 1.29 is 18.8 Å². The quantitative estimate of drug-likeness (QED) is 0.625. The SMILES string of the molecule is COc1ccc([N+](=O)[O-])c(Oc2ncc(Br)cc2F)c1. The Labute approximate surface area is 121 Å². The van der Waals surface area contributed by atoms with E-state index in [1.54, 1.807) is 0 Å². The number of methoxy groups -OCH3 is 1. The Kier molecular flexibility index (Phi) is 4.14. The molecule has 0 amide bonds. The lowest BCUT2D eigenvalue weighted by atomic mass is 10.3. The largest absolute Gasteiger partial charge is 0.497 e. The predicted octanol–water partition coefficient (Wildman–Crippen LogP) is 3.69. The molecule has 0 saturated heterocycles. The number of pyridine rings is 1. The van der Waals surface area contributed by atoms with Gasteiger partial charge in [-0.2, -0.15) is 0 Å². The first-order chi connectivity index (χ1) is 9.51. The first-order valence-corrected chi connectivity index (χ1v) is 6.12. The lowest BCUT2D eigenvalue weighted by Gasteiger charge is -2.08. The van der Waals surface area contributed by atoms with Crippen LogP contribution < -0.4 is 9.47 Å². The van der Waals surface area contributed by atoms with Crippen molar-refractivity contribution in [2.75, 3.05) is 7.11 Å². The smallest absolute Gasteiger partial charge is 0.311 e. The van der Waals surface area contributed by atoms with Crippen molar-refractivity contribution in [1.29, 1.82) is 0 Å². The van der Waals surface area contributed by atoms with E-state index in [0.717, 1.165) is 6.07 Å². The molecule has 2 rings (SSSR count). The average Bonchev–Trinajstić information content (AvgIpc) is 2.41. The summed E-state index contributed by atoms with van der Waals surface area (Å²) in [6, 6.07) is 5.07. The number of ether oxygens (including phenoxy) is 2. The highest BCUT2D eigenvalue weighted by Gasteiger charge is 2.19. The molecule has 0 radical (unpaired) electrons. The van der Waals surface area contributed by atoms with Crippen molar-refractivity contribution in [1.82, 2.24) is 4.98 Å². The number of hydrogen-bond acceptors (Lipinski definition) is 5. The summed E-state index contributed by atoms with van der Waals surface area (Å²) in [6.45, 7) is 0. The van der Waals surface area contributed by atoms with E-state index in [4.69, 9.17) is 9.47 Å². The minimum atomic E-state index is -0.739. The second-order valence-electron chi connectivity index (χ2n) is 3.63. The number of nitro groups is 1. The van der Waals surface area contributed by atoms with Crippen LogP contribution in [0.4, 0.5) is 10.1 Å². The first kappa shape index (κ1) is 14.2. The topological polar surface area (TPSA) is 74.5 Å². The van der Waals surface area contributed by atoms with Crippen LogP contribution in [0, 0.1) is 15.9 Å². The van der Waals surface area contributed by atoms with Gasteiger partial charge in [-0.05, 0) is 28.1 Å². The van der Waals surface area contributed by atoms with Crippen molar-refractivity contribution >= 4 is 21.6 Å². The molecular formula is C12H8BrFN2O4. The Morgan fingerprint density at radius 2 is 2.15 bits per heavy atom. The van der Waals surface area contributed by atoms with Crippen LogP contribution in [0.15, 0.2) is 34.9 Å². The molecule has 0 saturated carbocycles. The number of nitrogens with zero attached hydrogens (tertiary/aromatic N) is 2. The lowest BCUT2D eigenvalue weighted by molar-refractivity contribution is -0.385. The zero-order chi connectivity index (χ0) is 14.7. The molecule has 1 aromatic carbocycles. The zero-order valence-electron chi connectivity index (χ0n) is 10.2. The highest BCUT2D eigenvalue weighted by atomic mass is 79.9. The first-order valence-electron chi connectivity index (χ1n) is 5.32. The summed E-state index contributed by atoms with van der Waals surface area (Å²) < 4.78 is 24.2. The van der Waals surface area contributed by atoms with E-state index < -0.39 is 10.7 Å². The Morgan fingerprint density at radius 1 is 1.40 bits per heavy atom. The summed E-state index contributed by atoms with van der Waals surface area (Å²) in [6.07, 6.45) is 1.32. The van der Waals surface area contributed by atoms with Gasteiger partial charge in [0, 0.05) is 22.8 Å². The van der Waals surface area contributed by atoms with Gasteiger partial charge < -0.3 is 9.47 Å². The van der Waals surface area contributed by atoms with Gasteiger partial charge >= 0.3 is 5.69 Å². The van der Waals surface area contributed by atoms with Gasteiger partial charge in [-0.25, -0.2) is 9.37 Å². The molecule has 1 aromatic heterocycles. The van der Waals surface area contributed by atoms with Gasteiger partial charge in [0.1, 0.15) is 5.75 Å². The monoisotopic (exact) mass is 342 g/mol. The molecule has 0 atom stereocenters. The van der Waals surface area contributed by atoms with Gasteiger partial charge in [-0.15, -0.1) is 0 Å². The van der Waals surface area contributed by atoms with E-state index in [2.05, 4.69) is 20.9 Å². The molecule has 8 heteroatoms. The van der Waals surface area contributed by atoms with E-state index >= 15 is 0 Å². The molecule has 0 N–H and O–H groups in total. The zero-order valence-corrected chi connectivity index (χ0v) is 11.8. The van der Waals surface area contributed by atoms with E-state index in [-0.39, 0.29) is 17.3 Å². The molecule has 20 heavy (non-hydrogen) atoms. The molecule has 0 aliphatic heterocycles. The maximum Gasteiger partial charge on any atom is 0.311 e. The van der Waals surface area contributed by atoms with Crippen molar-refractivity contribution in [2.45, 2.75) is 0 Å². The fraction of sp³-hybridized carbons (Fsp3) is 0.0833. The molecule has 0 aliphatic carbocycles. The van der Waals surface area contributed by atoms with Gasteiger partial charge in [0.15, 0.2) is 5.82 Å². The number of benzene rings is 1. The van der Waals surface area contributed by atoms with Crippen molar-refractivity contribution in [2.24, 2.45) is 0 Å². The van der Waals surface area contributed by atoms with E-state index in [0.29, 0.717) is 10.2 Å². The summed E-state index contributed by atoms with van der Waals surface area (Å²) in [5, 5.41) is 10.9. The lowest BCUT2D eigenvalue weighted by Crippen LogP contribution is -1.97. The molecule has 1 heterocycles. The van der Waals surface area contributed by atoms with Crippen LogP contribution in [-0.4, -0.2) is 17.0 Å². The van der Waals surface area contributed by atoms with Crippen molar-refractivity contribution in [3.63, 3.8) is 0 Å².